The first-order valence-electron chi connectivity index (χ1n) is 11.3. The van der Waals surface area contributed by atoms with Crippen LogP contribution in [-0.4, -0.2) is 39.4 Å². The lowest BCUT2D eigenvalue weighted by molar-refractivity contribution is -0.112. The molecule has 1 aromatic carbocycles. The minimum atomic E-state index is -0.274. The highest BCUT2D eigenvalue weighted by atomic mass is 19.1. The first kappa shape index (κ1) is 20.6. The Balaban J connectivity index is 1.42. The van der Waals surface area contributed by atoms with Gasteiger partial charge in [-0.15, -0.1) is 5.10 Å². The number of anilines is 1. The zero-order valence-corrected chi connectivity index (χ0v) is 17.8. The van der Waals surface area contributed by atoms with E-state index in [2.05, 4.69) is 15.2 Å². The normalized spacial score (nSPS) is 23.4. The third-order valence-electron chi connectivity index (χ3n) is 6.67. The molecular formula is C24H26FN5O2. The van der Waals surface area contributed by atoms with Crippen molar-refractivity contribution in [3.63, 3.8) is 0 Å². The number of hydrogen-bond acceptors (Lipinski definition) is 5. The quantitative estimate of drug-likeness (QED) is 0.619. The highest BCUT2D eigenvalue weighted by molar-refractivity contribution is 5.93. The lowest BCUT2D eigenvalue weighted by atomic mass is 9.85. The molecule has 3 atom stereocenters. The van der Waals surface area contributed by atoms with E-state index >= 15 is 0 Å². The second-order valence-corrected chi connectivity index (χ2v) is 8.68. The molecule has 3 unspecified atom stereocenters. The van der Waals surface area contributed by atoms with E-state index < -0.39 is 0 Å². The molecule has 0 bridgehead atoms. The minimum absolute atomic E-state index is 0.0343. The summed E-state index contributed by atoms with van der Waals surface area (Å²) in [7, 11) is 0. The second kappa shape index (κ2) is 8.68. The Morgan fingerprint density at radius 1 is 1.12 bits per heavy atom. The van der Waals surface area contributed by atoms with Crippen molar-refractivity contribution in [2.24, 2.45) is 5.92 Å². The fraction of sp³-hybridized carbons (Fsp3) is 0.417. The van der Waals surface area contributed by atoms with E-state index in [0.717, 1.165) is 62.7 Å². The van der Waals surface area contributed by atoms with Crippen LogP contribution in [0.2, 0.25) is 0 Å². The van der Waals surface area contributed by atoms with Crippen molar-refractivity contribution in [1.29, 1.82) is 0 Å². The summed E-state index contributed by atoms with van der Waals surface area (Å²) in [6.07, 6.45) is 7.99. The smallest absolute Gasteiger partial charge is 0.271 e. The molecule has 7 nitrogen and oxygen atoms in total. The third kappa shape index (κ3) is 3.85. The summed E-state index contributed by atoms with van der Waals surface area (Å²) in [6, 6.07) is 10.3. The number of fused-ring (bicyclic) bond motifs is 1. The molecule has 1 aliphatic heterocycles. The Bertz CT molecular complexity index is 1150. The molecule has 0 radical (unpaired) electrons. The van der Waals surface area contributed by atoms with Crippen LogP contribution in [0.4, 0.5) is 10.2 Å². The van der Waals surface area contributed by atoms with E-state index in [4.69, 9.17) is 5.10 Å². The van der Waals surface area contributed by atoms with Gasteiger partial charge in [-0.1, -0.05) is 25.0 Å². The third-order valence-corrected chi connectivity index (χ3v) is 6.67. The maximum Gasteiger partial charge on any atom is 0.271 e. The topological polar surface area (TPSA) is 79.6 Å². The van der Waals surface area contributed by atoms with Crippen molar-refractivity contribution < 1.29 is 14.0 Å². The summed E-state index contributed by atoms with van der Waals surface area (Å²) < 4.78 is 15.4. The van der Waals surface area contributed by atoms with Gasteiger partial charge in [-0.05, 0) is 55.5 Å². The number of nitrogens with one attached hydrogen (secondary N) is 1. The van der Waals surface area contributed by atoms with Gasteiger partial charge < -0.3 is 15.0 Å². The summed E-state index contributed by atoms with van der Waals surface area (Å²) in [6.45, 7) is 0.805. The molecule has 2 aliphatic rings. The van der Waals surface area contributed by atoms with Gasteiger partial charge in [-0.2, -0.15) is 0 Å². The van der Waals surface area contributed by atoms with Crippen LogP contribution in [0.25, 0.3) is 5.65 Å². The molecule has 0 spiro atoms. The van der Waals surface area contributed by atoms with Crippen molar-refractivity contribution in [3.8, 4) is 0 Å². The first-order chi connectivity index (χ1) is 15.6. The van der Waals surface area contributed by atoms with Gasteiger partial charge in [-0.3, -0.25) is 4.79 Å². The molecular weight excluding hydrogens is 409 g/mol. The molecule has 1 aliphatic carbocycles. The number of imidazole rings is 1. The Morgan fingerprint density at radius 3 is 2.84 bits per heavy atom. The van der Waals surface area contributed by atoms with E-state index in [-0.39, 0.29) is 29.7 Å². The minimum Gasteiger partial charge on any atom is -0.348 e. The Labute approximate surface area is 185 Å². The summed E-state index contributed by atoms with van der Waals surface area (Å²) >= 11 is 0. The van der Waals surface area contributed by atoms with Gasteiger partial charge in [0.1, 0.15) is 17.9 Å². The highest BCUT2D eigenvalue weighted by Crippen LogP contribution is 2.35. The molecule has 166 valence electrons. The van der Waals surface area contributed by atoms with Gasteiger partial charge in [0.25, 0.3) is 5.91 Å². The molecule has 3 aromatic rings. The number of carbonyl (C=O) groups is 2. The molecule has 2 aromatic heterocycles. The molecule has 1 amide bonds. The second-order valence-electron chi connectivity index (χ2n) is 8.68. The van der Waals surface area contributed by atoms with Crippen molar-refractivity contribution >= 4 is 23.7 Å². The lowest BCUT2D eigenvalue weighted by Crippen LogP contribution is -2.43. The van der Waals surface area contributed by atoms with Gasteiger partial charge in [0.2, 0.25) is 0 Å². The monoisotopic (exact) mass is 435 g/mol. The molecule has 3 heterocycles. The van der Waals surface area contributed by atoms with Crippen LogP contribution in [0.3, 0.4) is 0 Å². The number of aldehydes is 1. The van der Waals surface area contributed by atoms with Crippen molar-refractivity contribution in [1.82, 2.24) is 19.9 Å². The largest absolute Gasteiger partial charge is 0.348 e. The molecule has 5 rings (SSSR count). The average molecular weight is 436 g/mol. The van der Waals surface area contributed by atoms with Crippen LogP contribution >= 0.6 is 0 Å². The van der Waals surface area contributed by atoms with Gasteiger partial charge in [0, 0.05) is 18.5 Å². The molecule has 2 fully saturated rings. The number of halogens is 1. The number of benzene rings is 1. The Morgan fingerprint density at radius 2 is 2.00 bits per heavy atom. The van der Waals surface area contributed by atoms with Crippen molar-refractivity contribution in [2.75, 3.05) is 11.4 Å². The molecule has 32 heavy (non-hydrogen) atoms. The predicted molar refractivity (Wildman–Crippen MR) is 118 cm³/mol. The number of hydrogen-bond donors (Lipinski definition) is 1. The highest BCUT2D eigenvalue weighted by Gasteiger charge is 2.29. The number of nitrogens with zero attached hydrogens (tertiary/aromatic N) is 4. The number of aromatic nitrogens is 3. The summed E-state index contributed by atoms with van der Waals surface area (Å²) in [5.74, 6) is 0.0541. The lowest BCUT2D eigenvalue weighted by Gasteiger charge is -2.28. The van der Waals surface area contributed by atoms with Crippen LogP contribution in [0.15, 0.2) is 42.6 Å². The van der Waals surface area contributed by atoms with Crippen LogP contribution in [0.5, 0.6) is 0 Å². The van der Waals surface area contributed by atoms with Crippen LogP contribution < -0.4 is 10.2 Å². The van der Waals surface area contributed by atoms with E-state index in [1.54, 1.807) is 16.6 Å². The fourth-order valence-corrected chi connectivity index (χ4v) is 5.02. The molecule has 1 saturated carbocycles. The van der Waals surface area contributed by atoms with E-state index in [9.17, 15) is 14.0 Å². The number of rotatable bonds is 5. The van der Waals surface area contributed by atoms with Crippen LogP contribution in [0.1, 0.15) is 60.6 Å². The SMILES string of the molecule is O=CC1CCCCC1NC(=O)c1cnc2ccc(N3CCCC3c3cccc(F)c3)nn12. The zero-order chi connectivity index (χ0) is 22.1. The van der Waals surface area contributed by atoms with Gasteiger partial charge in [0.15, 0.2) is 11.3 Å². The zero-order valence-electron chi connectivity index (χ0n) is 17.8. The molecule has 1 N–H and O–H groups in total. The van der Waals surface area contributed by atoms with Gasteiger partial charge in [-0.25, -0.2) is 13.9 Å². The summed E-state index contributed by atoms with van der Waals surface area (Å²) in [4.78, 5) is 30.9. The first-order valence-corrected chi connectivity index (χ1v) is 11.3. The van der Waals surface area contributed by atoms with E-state index in [1.165, 1.54) is 12.3 Å². The molecule has 8 heteroatoms. The summed E-state index contributed by atoms with van der Waals surface area (Å²) in [5, 5.41) is 7.74. The average Bonchev–Trinajstić information content (AvgIpc) is 3.46. The fourth-order valence-electron chi connectivity index (χ4n) is 5.02. The van der Waals surface area contributed by atoms with E-state index in [0.29, 0.717) is 11.3 Å². The predicted octanol–water partition coefficient (Wildman–Crippen LogP) is 3.70. The Kier molecular flexibility index (Phi) is 5.59. The Hall–Kier alpha value is -3.29. The van der Waals surface area contributed by atoms with Crippen LogP contribution in [0, 0.1) is 11.7 Å². The van der Waals surface area contributed by atoms with Crippen molar-refractivity contribution in [2.45, 2.75) is 50.6 Å². The maximum absolute atomic E-state index is 13.8. The van der Waals surface area contributed by atoms with Gasteiger partial charge >= 0.3 is 0 Å². The van der Waals surface area contributed by atoms with E-state index in [1.807, 2.05) is 18.2 Å². The maximum atomic E-state index is 13.8. The number of amides is 1. The molecule has 1 saturated heterocycles. The number of carbonyl (C=O) groups excluding carboxylic acids is 2. The van der Waals surface area contributed by atoms with Crippen molar-refractivity contribution in [3.05, 3.63) is 59.7 Å². The van der Waals surface area contributed by atoms with Gasteiger partial charge in [0.05, 0.1) is 12.2 Å². The van der Waals surface area contributed by atoms with Crippen LogP contribution in [-0.2, 0) is 4.79 Å². The standard InChI is InChI=1S/C24H26FN5O2/c25-18-7-3-6-16(13-18)20-9-4-12-29(20)23-11-10-22-26-14-21(30(22)28-23)24(32)27-19-8-2-1-5-17(19)15-31/h3,6-7,10-11,13-15,17,19-20H,1-2,4-5,8-9,12H2,(H,27,32). The summed E-state index contributed by atoms with van der Waals surface area (Å²) in [5.41, 5.74) is 1.85.